The van der Waals surface area contributed by atoms with Gasteiger partial charge in [-0.3, -0.25) is 4.79 Å². The predicted octanol–water partition coefficient (Wildman–Crippen LogP) is 1.66. The van der Waals surface area contributed by atoms with E-state index in [9.17, 15) is 9.90 Å². The highest BCUT2D eigenvalue weighted by Crippen LogP contribution is 2.24. The normalized spacial score (nSPS) is 22.1. The number of aromatic nitrogens is 3. The van der Waals surface area contributed by atoms with Crippen LogP contribution >= 0.6 is 0 Å². The number of amides is 1. The number of imidazole rings is 1. The molecule has 2 aromatic heterocycles. The fourth-order valence-corrected chi connectivity index (χ4v) is 3.03. The summed E-state index contributed by atoms with van der Waals surface area (Å²) in [6, 6.07) is 1.67. The number of carbonyl (C=O) groups excluding carboxylic acids is 1. The van der Waals surface area contributed by atoms with Gasteiger partial charge in [-0.25, -0.2) is 4.98 Å². The molecule has 3 rings (SSSR count). The molecule has 1 aliphatic heterocycles. The van der Waals surface area contributed by atoms with Gasteiger partial charge in [0.15, 0.2) is 5.69 Å². The zero-order valence-corrected chi connectivity index (χ0v) is 13.3. The van der Waals surface area contributed by atoms with Crippen LogP contribution in [0, 0.1) is 0 Å². The summed E-state index contributed by atoms with van der Waals surface area (Å²) < 4.78 is 7.10. The van der Waals surface area contributed by atoms with E-state index < -0.39 is 6.10 Å². The van der Waals surface area contributed by atoms with Crippen molar-refractivity contribution in [2.24, 2.45) is 0 Å². The number of hydrogen-bond donors (Lipinski definition) is 1. The Bertz CT molecular complexity index is 638. The summed E-state index contributed by atoms with van der Waals surface area (Å²) in [5.74, 6) is 0.608. The fourth-order valence-electron chi connectivity index (χ4n) is 3.03. The monoisotopic (exact) mass is 318 g/mol. The minimum atomic E-state index is -0.491. The molecule has 124 valence electrons. The molecule has 1 fully saturated rings. The third-order valence-corrected chi connectivity index (χ3v) is 4.30. The summed E-state index contributed by atoms with van der Waals surface area (Å²) in [6.07, 6.45) is 7.71. The molecule has 23 heavy (non-hydrogen) atoms. The van der Waals surface area contributed by atoms with Crippen LogP contribution in [0.15, 0.2) is 29.3 Å². The fraction of sp³-hybridized carbons (Fsp3) is 0.562. The zero-order chi connectivity index (χ0) is 16.2. The van der Waals surface area contributed by atoms with Crippen molar-refractivity contribution in [3.8, 4) is 0 Å². The first-order valence-corrected chi connectivity index (χ1v) is 8.09. The molecule has 0 bridgehead atoms. The SMILES string of the molecule is CCCc1cc(C(=O)N2CC[C@H](O)[C@@H](n3ccnc3)CC2)no1. The number of rotatable bonds is 4. The maximum absolute atomic E-state index is 12.6. The molecule has 7 heteroatoms. The van der Waals surface area contributed by atoms with Gasteiger partial charge in [-0.2, -0.15) is 0 Å². The Kier molecular flexibility index (Phi) is 4.76. The molecule has 1 saturated heterocycles. The van der Waals surface area contributed by atoms with Crippen LogP contribution < -0.4 is 0 Å². The number of nitrogens with zero attached hydrogens (tertiary/aromatic N) is 4. The molecule has 1 N–H and O–H groups in total. The van der Waals surface area contributed by atoms with Crippen LogP contribution in [0.2, 0.25) is 0 Å². The van der Waals surface area contributed by atoms with E-state index in [0.717, 1.165) is 18.6 Å². The molecular weight excluding hydrogens is 296 g/mol. The largest absolute Gasteiger partial charge is 0.391 e. The molecule has 0 unspecified atom stereocenters. The number of carbonyl (C=O) groups is 1. The van der Waals surface area contributed by atoms with Crippen LogP contribution in [-0.4, -0.2) is 49.8 Å². The van der Waals surface area contributed by atoms with Gasteiger partial charge in [0, 0.05) is 38.0 Å². The van der Waals surface area contributed by atoms with Gasteiger partial charge in [0.05, 0.1) is 18.5 Å². The number of aliphatic hydroxyl groups excluding tert-OH is 1. The second-order valence-corrected chi connectivity index (χ2v) is 5.94. The quantitative estimate of drug-likeness (QED) is 0.927. The van der Waals surface area contributed by atoms with Crippen molar-refractivity contribution < 1.29 is 14.4 Å². The van der Waals surface area contributed by atoms with E-state index in [0.29, 0.717) is 31.6 Å². The van der Waals surface area contributed by atoms with Crippen LogP contribution in [0.3, 0.4) is 0 Å². The number of aliphatic hydroxyl groups is 1. The van der Waals surface area contributed by atoms with Crippen molar-refractivity contribution in [1.29, 1.82) is 0 Å². The first-order chi connectivity index (χ1) is 11.2. The first-order valence-electron chi connectivity index (χ1n) is 8.09. The van der Waals surface area contributed by atoms with Gasteiger partial charge < -0.3 is 19.1 Å². The summed E-state index contributed by atoms with van der Waals surface area (Å²) in [6.45, 7) is 3.15. The van der Waals surface area contributed by atoms with E-state index in [-0.39, 0.29) is 11.9 Å². The highest BCUT2D eigenvalue weighted by atomic mass is 16.5. The van der Waals surface area contributed by atoms with E-state index in [1.165, 1.54) is 0 Å². The lowest BCUT2D eigenvalue weighted by Crippen LogP contribution is -2.32. The van der Waals surface area contributed by atoms with Crippen LogP contribution in [0.1, 0.15) is 48.5 Å². The van der Waals surface area contributed by atoms with E-state index >= 15 is 0 Å². The maximum atomic E-state index is 12.6. The van der Waals surface area contributed by atoms with Crippen molar-refractivity contribution in [3.63, 3.8) is 0 Å². The predicted molar refractivity (Wildman–Crippen MR) is 82.9 cm³/mol. The lowest BCUT2D eigenvalue weighted by molar-refractivity contribution is 0.0741. The van der Waals surface area contributed by atoms with Crippen molar-refractivity contribution >= 4 is 5.91 Å². The molecule has 1 aliphatic rings. The molecule has 7 nitrogen and oxygen atoms in total. The van der Waals surface area contributed by atoms with Crippen molar-refractivity contribution in [2.45, 2.75) is 44.8 Å². The van der Waals surface area contributed by atoms with E-state index in [1.807, 2.05) is 10.8 Å². The summed E-state index contributed by atoms with van der Waals surface area (Å²) in [7, 11) is 0. The molecule has 0 aliphatic carbocycles. The molecule has 3 heterocycles. The molecule has 0 aromatic carbocycles. The van der Waals surface area contributed by atoms with Gasteiger partial charge in [-0.1, -0.05) is 12.1 Å². The Morgan fingerprint density at radius 1 is 1.43 bits per heavy atom. The number of hydrogen-bond acceptors (Lipinski definition) is 5. The molecule has 0 spiro atoms. The van der Waals surface area contributed by atoms with Gasteiger partial charge in [0.2, 0.25) is 0 Å². The maximum Gasteiger partial charge on any atom is 0.276 e. The van der Waals surface area contributed by atoms with E-state index in [1.54, 1.807) is 23.5 Å². The molecular formula is C16H22N4O3. The van der Waals surface area contributed by atoms with Crippen molar-refractivity contribution in [2.75, 3.05) is 13.1 Å². The Balaban J connectivity index is 1.68. The third kappa shape index (κ3) is 3.44. The second-order valence-electron chi connectivity index (χ2n) is 5.94. The second kappa shape index (κ2) is 6.95. The summed E-state index contributed by atoms with van der Waals surface area (Å²) >= 11 is 0. The Morgan fingerprint density at radius 3 is 3.00 bits per heavy atom. The van der Waals surface area contributed by atoms with E-state index in [2.05, 4.69) is 17.1 Å². The number of aryl methyl sites for hydroxylation is 1. The van der Waals surface area contributed by atoms with Gasteiger partial charge in [0.25, 0.3) is 5.91 Å². The Hall–Kier alpha value is -2.15. The third-order valence-electron chi connectivity index (χ3n) is 4.30. The highest BCUT2D eigenvalue weighted by molar-refractivity contribution is 5.92. The van der Waals surface area contributed by atoms with Crippen LogP contribution in [0.5, 0.6) is 0 Å². The summed E-state index contributed by atoms with van der Waals surface area (Å²) in [4.78, 5) is 18.3. The van der Waals surface area contributed by atoms with Crippen LogP contribution in [0.4, 0.5) is 0 Å². The average molecular weight is 318 g/mol. The molecule has 0 radical (unpaired) electrons. The van der Waals surface area contributed by atoms with Crippen LogP contribution in [-0.2, 0) is 6.42 Å². The average Bonchev–Trinajstić information content (AvgIpc) is 3.19. The van der Waals surface area contributed by atoms with E-state index in [4.69, 9.17) is 4.52 Å². The summed E-state index contributed by atoms with van der Waals surface area (Å²) in [5.41, 5.74) is 0.351. The lowest BCUT2D eigenvalue weighted by atomic mass is 10.1. The van der Waals surface area contributed by atoms with Gasteiger partial charge in [-0.05, 0) is 19.3 Å². The number of likely N-dealkylation sites (tertiary alicyclic amines) is 1. The highest BCUT2D eigenvalue weighted by Gasteiger charge is 2.29. The Morgan fingerprint density at radius 2 is 2.26 bits per heavy atom. The topological polar surface area (TPSA) is 84.4 Å². The molecule has 1 amide bonds. The molecule has 0 saturated carbocycles. The van der Waals surface area contributed by atoms with Gasteiger partial charge in [0.1, 0.15) is 5.76 Å². The molecule has 2 aromatic rings. The van der Waals surface area contributed by atoms with Crippen molar-refractivity contribution in [1.82, 2.24) is 19.6 Å². The first kappa shape index (κ1) is 15.7. The minimum Gasteiger partial charge on any atom is -0.391 e. The zero-order valence-electron chi connectivity index (χ0n) is 13.3. The molecule has 2 atom stereocenters. The van der Waals surface area contributed by atoms with Crippen LogP contribution in [0.25, 0.3) is 0 Å². The van der Waals surface area contributed by atoms with Crippen molar-refractivity contribution in [3.05, 3.63) is 36.2 Å². The van der Waals surface area contributed by atoms with Gasteiger partial charge in [-0.15, -0.1) is 0 Å². The summed E-state index contributed by atoms with van der Waals surface area (Å²) in [5, 5.41) is 14.2. The lowest BCUT2D eigenvalue weighted by Gasteiger charge is -2.21. The van der Waals surface area contributed by atoms with Gasteiger partial charge >= 0.3 is 0 Å². The Labute approximate surface area is 134 Å². The smallest absolute Gasteiger partial charge is 0.276 e. The minimum absolute atomic E-state index is 0.0525. The standard InChI is InChI=1S/C16H22N4O3/c1-2-3-12-10-13(18-23-12)16(22)19-7-4-14(15(21)5-8-19)20-9-6-17-11-20/h6,9-11,14-15,21H,2-5,7-8H2,1H3/t14-,15-/m0/s1.